The predicted molar refractivity (Wildman–Crippen MR) is 124 cm³/mol. The molecule has 0 radical (unpaired) electrons. The Morgan fingerprint density at radius 3 is 2.48 bits per heavy atom. The highest BCUT2D eigenvalue weighted by Gasteiger charge is 2.19. The van der Waals surface area contributed by atoms with Crippen LogP contribution in [0.1, 0.15) is 34.1 Å². The second-order valence-electron chi connectivity index (χ2n) is 6.88. The number of benzene rings is 2. The number of halogens is 1. The van der Waals surface area contributed by atoms with E-state index in [1.54, 1.807) is 47.4 Å². The monoisotopic (exact) mass is 461 g/mol. The molecule has 0 atom stereocenters. The van der Waals surface area contributed by atoms with Gasteiger partial charge in [0.15, 0.2) is 5.11 Å². The lowest BCUT2D eigenvalue weighted by Crippen LogP contribution is -2.40. The van der Waals surface area contributed by atoms with Gasteiger partial charge >= 0.3 is 0 Å². The molecule has 164 valence electrons. The van der Waals surface area contributed by atoms with Crippen LogP contribution in [0, 0.1) is 0 Å². The van der Waals surface area contributed by atoms with E-state index in [4.69, 9.17) is 33.3 Å². The molecule has 3 rings (SSSR count). The van der Waals surface area contributed by atoms with Crippen LogP contribution in [0.4, 0.5) is 5.69 Å². The molecule has 1 heterocycles. The minimum absolute atomic E-state index is 0.0779. The molecule has 9 heteroatoms. The lowest BCUT2D eigenvalue weighted by atomic mass is 10.1. The van der Waals surface area contributed by atoms with Crippen LogP contribution in [0.25, 0.3) is 0 Å². The van der Waals surface area contributed by atoms with Gasteiger partial charge in [0.1, 0.15) is 5.75 Å². The molecule has 0 saturated carbocycles. The van der Waals surface area contributed by atoms with Crippen LogP contribution in [-0.2, 0) is 4.74 Å². The Morgan fingerprint density at radius 1 is 1.13 bits per heavy atom. The second-order valence-corrected chi connectivity index (χ2v) is 7.70. The minimum atomic E-state index is -0.365. The van der Waals surface area contributed by atoms with E-state index in [1.165, 1.54) is 0 Å². The summed E-state index contributed by atoms with van der Waals surface area (Å²) >= 11 is 11.5. The van der Waals surface area contributed by atoms with Gasteiger partial charge in [-0.25, -0.2) is 0 Å². The van der Waals surface area contributed by atoms with Crippen LogP contribution < -0.4 is 15.4 Å². The molecule has 0 aliphatic carbocycles. The molecule has 2 amide bonds. The zero-order valence-electron chi connectivity index (χ0n) is 17.2. The Kier molecular flexibility index (Phi) is 8.22. The first kappa shape index (κ1) is 23.0. The number of rotatable bonds is 6. The molecule has 1 aliphatic heterocycles. The van der Waals surface area contributed by atoms with Crippen LogP contribution in [0.2, 0.25) is 5.02 Å². The van der Waals surface area contributed by atoms with E-state index in [-0.39, 0.29) is 16.9 Å². The zero-order chi connectivity index (χ0) is 22.2. The molecule has 7 nitrogen and oxygen atoms in total. The van der Waals surface area contributed by atoms with Gasteiger partial charge in [-0.1, -0.05) is 18.5 Å². The number of morpholine rings is 1. The summed E-state index contributed by atoms with van der Waals surface area (Å²) in [5, 5.41) is 5.97. The topological polar surface area (TPSA) is 79.9 Å². The van der Waals surface area contributed by atoms with Crippen molar-refractivity contribution < 1.29 is 19.1 Å². The Morgan fingerprint density at radius 2 is 1.81 bits per heavy atom. The van der Waals surface area contributed by atoms with E-state index >= 15 is 0 Å². The standard InChI is InChI=1S/C22H24ClN3O4S/c1-2-11-30-17-6-3-15(4-7-17)20(27)25-22(31)24-19-14-16(5-8-18(19)23)21(28)26-9-12-29-13-10-26/h3-8,14H,2,9-13H2,1H3,(H2,24,25,27,31). The summed E-state index contributed by atoms with van der Waals surface area (Å²) < 4.78 is 10.8. The maximum atomic E-state index is 12.7. The highest BCUT2D eigenvalue weighted by atomic mass is 35.5. The molecule has 2 N–H and O–H groups in total. The van der Waals surface area contributed by atoms with E-state index in [1.807, 2.05) is 6.92 Å². The minimum Gasteiger partial charge on any atom is -0.494 e. The summed E-state index contributed by atoms with van der Waals surface area (Å²) in [7, 11) is 0. The number of nitrogens with one attached hydrogen (secondary N) is 2. The first-order valence-electron chi connectivity index (χ1n) is 9.99. The van der Waals surface area contributed by atoms with Gasteiger partial charge in [0.25, 0.3) is 11.8 Å². The van der Waals surface area contributed by atoms with Crippen LogP contribution in [-0.4, -0.2) is 54.7 Å². The van der Waals surface area contributed by atoms with Crippen LogP contribution in [0.3, 0.4) is 0 Å². The van der Waals surface area contributed by atoms with Crippen molar-refractivity contribution in [3.8, 4) is 5.75 Å². The number of anilines is 1. The quantitative estimate of drug-likeness (QED) is 0.638. The maximum absolute atomic E-state index is 12.7. The molecular formula is C22H24ClN3O4S. The van der Waals surface area contributed by atoms with E-state index in [2.05, 4.69) is 10.6 Å². The molecule has 2 aromatic carbocycles. The smallest absolute Gasteiger partial charge is 0.257 e. The Balaban J connectivity index is 1.61. The van der Waals surface area contributed by atoms with Gasteiger partial charge in [-0.2, -0.15) is 0 Å². The van der Waals surface area contributed by atoms with Crippen LogP contribution >= 0.6 is 23.8 Å². The fourth-order valence-electron chi connectivity index (χ4n) is 2.95. The normalized spacial score (nSPS) is 13.4. The van der Waals surface area contributed by atoms with Crippen molar-refractivity contribution >= 4 is 46.4 Å². The highest BCUT2D eigenvalue weighted by Crippen LogP contribution is 2.24. The van der Waals surface area contributed by atoms with Crippen molar-refractivity contribution in [3.05, 3.63) is 58.6 Å². The van der Waals surface area contributed by atoms with Crippen molar-refractivity contribution in [2.45, 2.75) is 13.3 Å². The lowest BCUT2D eigenvalue weighted by molar-refractivity contribution is 0.0303. The Hall–Kier alpha value is -2.68. The Labute approximate surface area is 191 Å². The van der Waals surface area contributed by atoms with E-state index in [0.29, 0.717) is 60.5 Å². The summed E-state index contributed by atoms with van der Waals surface area (Å²) in [5.74, 6) is 0.229. The van der Waals surface area contributed by atoms with Gasteiger partial charge in [-0.15, -0.1) is 0 Å². The average Bonchev–Trinajstić information content (AvgIpc) is 2.79. The number of hydrogen-bond donors (Lipinski definition) is 2. The first-order chi connectivity index (χ1) is 15.0. The molecule has 1 aliphatic rings. The summed E-state index contributed by atoms with van der Waals surface area (Å²) in [6.45, 7) is 4.77. The van der Waals surface area contributed by atoms with E-state index in [0.717, 1.165) is 6.42 Å². The SMILES string of the molecule is CCCOc1ccc(C(=O)NC(=S)Nc2cc(C(=O)N3CCOCC3)ccc2Cl)cc1. The molecule has 0 unspecified atom stereocenters. The van der Waals surface area contributed by atoms with Crippen molar-refractivity contribution in [3.63, 3.8) is 0 Å². The molecule has 2 aromatic rings. The van der Waals surface area contributed by atoms with Crippen molar-refractivity contribution in [2.24, 2.45) is 0 Å². The highest BCUT2D eigenvalue weighted by molar-refractivity contribution is 7.80. The van der Waals surface area contributed by atoms with Crippen LogP contribution in [0.15, 0.2) is 42.5 Å². The summed E-state index contributed by atoms with van der Waals surface area (Å²) in [6.07, 6.45) is 0.907. The molecule has 0 aromatic heterocycles. The summed E-state index contributed by atoms with van der Waals surface area (Å²) in [5.41, 5.74) is 1.36. The lowest BCUT2D eigenvalue weighted by Gasteiger charge is -2.27. The van der Waals surface area contributed by atoms with Gasteiger partial charge < -0.3 is 19.7 Å². The van der Waals surface area contributed by atoms with Crippen molar-refractivity contribution in [1.29, 1.82) is 0 Å². The van der Waals surface area contributed by atoms with E-state index in [9.17, 15) is 9.59 Å². The van der Waals surface area contributed by atoms with Gasteiger partial charge in [0.2, 0.25) is 0 Å². The predicted octanol–water partition coefficient (Wildman–Crippen LogP) is 3.73. The molecule has 31 heavy (non-hydrogen) atoms. The fourth-order valence-corrected chi connectivity index (χ4v) is 3.32. The average molecular weight is 462 g/mol. The van der Waals surface area contributed by atoms with Crippen molar-refractivity contribution in [1.82, 2.24) is 10.2 Å². The zero-order valence-corrected chi connectivity index (χ0v) is 18.7. The third kappa shape index (κ3) is 6.40. The van der Waals surface area contributed by atoms with Crippen LogP contribution in [0.5, 0.6) is 5.75 Å². The number of nitrogens with zero attached hydrogens (tertiary/aromatic N) is 1. The summed E-state index contributed by atoms with van der Waals surface area (Å²) in [4.78, 5) is 26.9. The molecule has 1 fully saturated rings. The number of carbonyl (C=O) groups excluding carboxylic acids is 2. The maximum Gasteiger partial charge on any atom is 0.257 e. The molecular weight excluding hydrogens is 438 g/mol. The van der Waals surface area contributed by atoms with Crippen molar-refractivity contribution in [2.75, 3.05) is 38.2 Å². The molecule has 0 spiro atoms. The fraction of sp³-hybridized carbons (Fsp3) is 0.318. The summed E-state index contributed by atoms with van der Waals surface area (Å²) in [6, 6.07) is 11.7. The van der Waals surface area contributed by atoms with Gasteiger partial charge in [-0.3, -0.25) is 14.9 Å². The molecule has 1 saturated heterocycles. The van der Waals surface area contributed by atoms with Gasteiger partial charge in [0.05, 0.1) is 30.5 Å². The third-order valence-corrected chi connectivity index (χ3v) is 5.11. The number of ether oxygens (including phenoxy) is 2. The van der Waals surface area contributed by atoms with Gasteiger partial charge in [-0.05, 0) is 61.1 Å². The number of thiocarbonyl (C=S) groups is 1. The first-order valence-corrected chi connectivity index (χ1v) is 10.8. The van der Waals surface area contributed by atoms with Gasteiger partial charge in [0, 0.05) is 24.2 Å². The Bertz CT molecular complexity index is 946. The second kappa shape index (κ2) is 11.1. The molecule has 0 bridgehead atoms. The number of hydrogen-bond acceptors (Lipinski definition) is 5. The third-order valence-electron chi connectivity index (χ3n) is 4.58. The number of amides is 2. The largest absolute Gasteiger partial charge is 0.494 e. The van der Waals surface area contributed by atoms with E-state index < -0.39 is 0 Å². The number of carbonyl (C=O) groups is 2.